The summed E-state index contributed by atoms with van der Waals surface area (Å²) in [7, 11) is 3.25. The number of hydrogen-bond donors (Lipinski definition) is 1. The molecular formula is C20H27NO3. The molecule has 0 radical (unpaired) electrons. The van der Waals surface area contributed by atoms with Crippen LogP contribution in [0.1, 0.15) is 38.8 Å². The van der Waals surface area contributed by atoms with Gasteiger partial charge >= 0.3 is 0 Å². The fourth-order valence-electron chi connectivity index (χ4n) is 2.20. The normalized spacial score (nSPS) is 13.7. The lowest BCUT2D eigenvalue weighted by atomic mass is 10.0. The van der Waals surface area contributed by atoms with Gasteiger partial charge in [0.25, 0.3) is 0 Å². The van der Waals surface area contributed by atoms with Gasteiger partial charge in [0, 0.05) is 6.08 Å². The quantitative estimate of drug-likeness (QED) is 0.439. The Bertz CT molecular complexity index is 612. The third-order valence-electron chi connectivity index (χ3n) is 3.78. The van der Waals surface area contributed by atoms with Crippen molar-refractivity contribution in [2.45, 2.75) is 33.2 Å². The van der Waals surface area contributed by atoms with Crippen LogP contribution in [0.25, 0.3) is 0 Å². The molecule has 0 aliphatic rings. The molecule has 1 aromatic rings. The second-order valence-corrected chi connectivity index (χ2v) is 5.31. The molecule has 1 unspecified atom stereocenters. The minimum Gasteiger partial charge on any atom is -0.497 e. The van der Waals surface area contributed by atoms with Gasteiger partial charge in [-0.25, -0.2) is 0 Å². The van der Waals surface area contributed by atoms with Gasteiger partial charge in [-0.15, -0.1) is 0 Å². The summed E-state index contributed by atoms with van der Waals surface area (Å²) in [5.41, 5.74) is 2.07. The molecule has 0 heterocycles. The number of methoxy groups -OCH3 is 2. The van der Waals surface area contributed by atoms with Gasteiger partial charge in [0.1, 0.15) is 11.5 Å². The van der Waals surface area contributed by atoms with E-state index in [1.807, 2.05) is 51.1 Å². The number of allylic oxidation sites excluding steroid dienone is 4. The molecule has 1 amide bonds. The molecule has 0 aliphatic carbocycles. The number of carbonyl (C=O) groups is 1. The lowest BCUT2D eigenvalue weighted by molar-refractivity contribution is -0.117. The van der Waals surface area contributed by atoms with Crippen molar-refractivity contribution >= 4 is 5.91 Å². The highest BCUT2D eigenvalue weighted by Crippen LogP contribution is 2.20. The van der Waals surface area contributed by atoms with E-state index in [9.17, 15) is 4.79 Å². The van der Waals surface area contributed by atoms with Crippen molar-refractivity contribution in [1.29, 1.82) is 0 Å². The van der Waals surface area contributed by atoms with Crippen molar-refractivity contribution in [3.8, 4) is 5.75 Å². The molecule has 24 heavy (non-hydrogen) atoms. The molecule has 1 rings (SSSR count). The molecule has 4 nitrogen and oxygen atoms in total. The number of carbonyl (C=O) groups excluding carboxylic acids is 1. The van der Waals surface area contributed by atoms with E-state index in [1.165, 1.54) is 6.08 Å². The summed E-state index contributed by atoms with van der Waals surface area (Å²) in [6, 6.07) is 7.70. The Kier molecular flexibility index (Phi) is 8.41. The molecule has 1 N–H and O–H groups in total. The van der Waals surface area contributed by atoms with Gasteiger partial charge in [-0.1, -0.05) is 31.2 Å². The molecule has 0 saturated heterocycles. The van der Waals surface area contributed by atoms with E-state index in [0.29, 0.717) is 0 Å². The molecule has 4 heteroatoms. The first-order chi connectivity index (χ1) is 11.5. The summed E-state index contributed by atoms with van der Waals surface area (Å²) >= 11 is 0. The van der Waals surface area contributed by atoms with E-state index in [4.69, 9.17) is 9.47 Å². The van der Waals surface area contributed by atoms with Crippen molar-refractivity contribution in [2.75, 3.05) is 14.2 Å². The standard InChI is InChI=1S/C20H27NO3/c1-6-15(3)19(24-5)9-8-10-20(22)21-18(7-2)16-11-13-17(23-4)14-12-16/h6,8-14,18H,7H2,1-5H3,(H,21,22)/b10-8+,15-6-,19-9+. The van der Waals surface area contributed by atoms with E-state index in [-0.39, 0.29) is 11.9 Å². The summed E-state index contributed by atoms with van der Waals surface area (Å²) in [5, 5.41) is 3.00. The highest BCUT2D eigenvalue weighted by Gasteiger charge is 2.11. The Morgan fingerprint density at radius 3 is 2.42 bits per heavy atom. The average molecular weight is 329 g/mol. The lowest BCUT2D eigenvalue weighted by Gasteiger charge is -2.16. The van der Waals surface area contributed by atoms with Crippen LogP contribution in [-0.4, -0.2) is 20.1 Å². The van der Waals surface area contributed by atoms with Crippen molar-refractivity contribution in [1.82, 2.24) is 5.32 Å². The summed E-state index contributed by atoms with van der Waals surface area (Å²) in [5.74, 6) is 1.41. The van der Waals surface area contributed by atoms with Gasteiger partial charge in [-0.05, 0) is 49.6 Å². The maximum atomic E-state index is 12.1. The fraction of sp³-hybridized carbons (Fsp3) is 0.350. The van der Waals surface area contributed by atoms with Crippen LogP contribution < -0.4 is 10.1 Å². The Labute approximate surface area is 144 Å². The third kappa shape index (κ3) is 5.95. The largest absolute Gasteiger partial charge is 0.497 e. The maximum absolute atomic E-state index is 12.1. The number of hydrogen-bond acceptors (Lipinski definition) is 3. The van der Waals surface area contributed by atoms with Crippen LogP contribution in [0.5, 0.6) is 5.75 Å². The van der Waals surface area contributed by atoms with E-state index in [1.54, 1.807) is 26.4 Å². The number of amides is 1. The van der Waals surface area contributed by atoms with E-state index < -0.39 is 0 Å². The summed E-state index contributed by atoms with van der Waals surface area (Å²) < 4.78 is 10.4. The molecular weight excluding hydrogens is 302 g/mol. The minimum absolute atomic E-state index is 0.0313. The summed E-state index contributed by atoms with van der Waals surface area (Å²) in [6.45, 7) is 5.94. The number of ether oxygens (including phenoxy) is 2. The second-order valence-electron chi connectivity index (χ2n) is 5.31. The van der Waals surface area contributed by atoms with Crippen LogP contribution in [0.4, 0.5) is 0 Å². The van der Waals surface area contributed by atoms with Gasteiger partial charge in [0.05, 0.1) is 20.3 Å². The smallest absolute Gasteiger partial charge is 0.244 e. The first-order valence-electron chi connectivity index (χ1n) is 8.05. The predicted molar refractivity (Wildman–Crippen MR) is 97.8 cm³/mol. The van der Waals surface area contributed by atoms with Gasteiger partial charge in [0.2, 0.25) is 5.91 Å². The third-order valence-corrected chi connectivity index (χ3v) is 3.78. The first-order valence-corrected chi connectivity index (χ1v) is 8.05. The predicted octanol–water partition coefficient (Wildman–Crippen LogP) is 4.32. The van der Waals surface area contributed by atoms with Gasteiger partial charge < -0.3 is 14.8 Å². The zero-order chi connectivity index (χ0) is 17.9. The fourth-order valence-corrected chi connectivity index (χ4v) is 2.20. The molecule has 130 valence electrons. The molecule has 1 aromatic carbocycles. The maximum Gasteiger partial charge on any atom is 0.244 e. The molecule has 0 bridgehead atoms. The first kappa shape index (κ1) is 19.6. The zero-order valence-corrected chi connectivity index (χ0v) is 15.1. The lowest BCUT2D eigenvalue weighted by Crippen LogP contribution is -2.26. The Hall–Kier alpha value is -2.49. The molecule has 0 aliphatic heterocycles. The SMILES string of the molecule is C\C=C(C)/C(=C\C=C\C(=O)NC(CC)c1ccc(OC)cc1)OC. The van der Waals surface area contributed by atoms with E-state index in [2.05, 4.69) is 5.32 Å². The number of nitrogens with one attached hydrogen (secondary N) is 1. The molecule has 0 saturated carbocycles. The summed E-state index contributed by atoms with van der Waals surface area (Å²) in [4.78, 5) is 12.1. The van der Waals surface area contributed by atoms with Crippen LogP contribution in [-0.2, 0) is 9.53 Å². The van der Waals surface area contributed by atoms with Gasteiger partial charge in [-0.2, -0.15) is 0 Å². The van der Waals surface area contributed by atoms with Crippen molar-refractivity contribution in [3.63, 3.8) is 0 Å². The van der Waals surface area contributed by atoms with Crippen LogP contribution >= 0.6 is 0 Å². The molecule has 0 aromatic heterocycles. The highest BCUT2D eigenvalue weighted by molar-refractivity contribution is 5.88. The minimum atomic E-state index is -0.137. The van der Waals surface area contributed by atoms with Crippen molar-refractivity contribution in [3.05, 3.63) is 65.5 Å². The molecule has 0 fully saturated rings. The van der Waals surface area contributed by atoms with Gasteiger partial charge in [-0.3, -0.25) is 4.79 Å². The monoisotopic (exact) mass is 329 g/mol. The van der Waals surface area contributed by atoms with Gasteiger partial charge in [0.15, 0.2) is 0 Å². The highest BCUT2D eigenvalue weighted by atomic mass is 16.5. The molecule has 0 spiro atoms. The Balaban J connectivity index is 2.73. The average Bonchev–Trinajstić information content (AvgIpc) is 2.62. The topological polar surface area (TPSA) is 47.6 Å². The van der Waals surface area contributed by atoms with Crippen LogP contribution in [0.15, 0.2) is 59.9 Å². The molecule has 1 atom stereocenters. The summed E-state index contributed by atoms with van der Waals surface area (Å²) in [6.07, 6.45) is 7.75. The van der Waals surface area contributed by atoms with E-state index >= 15 is 0 Å². The zero-order valence-electron chi connectivity index (χ0n) is 15.1. The van der Waals surface area contributed by atoms with Crippen molar-refractivity contribution < 1.29 is 14.3 Å². The van der Waals surface area contributed by atoms with Crippen LogP contribution in [0.2, 0.25) is 0 Å². The Morgan fingerprint density at radius 1 is 1.25 bits per heavy atom. The van der Waals surface area contributed by atoms with Crippen LogP contribution in [0.3, 0.4) is 0 Å². The Morgan fingerprint density at radius 2 is 1.92 bits per heavy atom. The van der Waals surface area contributed by atoms with Crippen LogP contribution in [0, 0.1) is 0 Å². The number of rotatable bonds is 8. The van der Waals surface area contributed by atoms with E-state index in [0.717, 1.165) is 29.1 Å². The second kappa shape index (κ2) is 10.3. The van der Waals surface area contributed by atoms with Crippen molar-refractivity contribution in [2.24, 2.45) is 0 Å². The number of benzene rings is 1.